The molecule has 4 heterocycles. The molecule has 6 rings (SSSR count). The average Bonchev–Trinajstić information content (AvgIpc) is 3.36. The quantitative estimate of drug-likeness (QED) is 0.448. The highest BCUT2D eigenvalue weighted by atomic mass is 16.7. The van der Waals surface area contributed by atoms with E-state index < -0.39 is 12.0 Å². The summed E-state index contributed by atoms with van der Waals surface area (Å²) in [4.78, 5) is 16.7. The maximum Gasteiger partial charge on any atom is 0.308 e. The van der Waals surface area contributed by atoms with Crippen LogP contribution < -0.4 is 24.7 Å². The number of nitrogens with zero attached hydrogens (tertiary/aromatic N) is 3. The number of piperazine rings is 1. The second-order valence-corrected chi connectivity index (χ2v) is 10.9. The second-order valence-electron chi connectivity index (χ2n) is 10.9. The third-order valence-corrected chi connectivity index (χ3v) is 9.01. The molecule has 0 aromatic heterocycles. The lowest BCUT2D eigenvalue weighted by Gasteiger charge is -2.57. The van der Waals surface area contributed by atoms with Crippen molar-refractivity contribution in [3.63, 3.8) is 0 Å². The van der Waals surface area contributed by atoms with Gasteiger partial charge in [-0.25, -0.2) is 0 Å². The van der Waals surface area contributed by atoms with Crippen molar-refractivity contribution in [2.75, 3.05) is 27.5 Å². The highest BCUT2D eigenvalue weighted by molar-refractivity contribution is 5.74. The number of carbonyl (C=O) groups is 1. The smallest absolute Gasteiger partial charge is 0.308 e. The number of likely N-dealkylation sites (N-methyl/N-ethyl adjacent to an activating group) is 1. The number of carbonyl (C=O) groups excluding carboxylic acids is 1. The number of phenols is 1. The van der Waals surface area contributed by atoms with Gasteiger partial charge in [0.1, 0.15) is 11.8 Å². The molecular formula is C29H34N4O6. The van der Waals surface area contributed by atoms with E-state index >= 15 is 0 Å². The summed E-state index contributed by atoms with van der Waals surface area (Å²) in [5.41, 5.74) is 11.6. The molecule has 2 bridgehead atoms. The lowest BCUT2D eigenvalue weighted by molar-refractivity contribution is -0.132. The van der Waals surface area contributed by atoms with E-state index in [1.807, 2.05) is 20.9 Å². The van der Waals surface area contributed by atoms with Crippen LogP contribution in [0.4, 0.5) is 0 Å². The number of hydrogen-bond acceptors (Lipinski definition) is 10. The van der Waals surface area contributed by atoms with Gasteiger partial charge in [-0.15, -0.1) is 0 Å². The van der Waals surface area contributed by atoms with Crippen LogP contribution in [0, 0.1) is 25.2 Å². The predicted octanol–water partition coefficient (Wildman–Crippen LogP) is 2.79. The molecule has 4 aliphatic heterocycles. The standard InChI is InChI=1S/C29H34N4O6/c1-13-8-16-6-7-18-20(10-30)33-19(24(32(18)4)22(16)25(35)26(13)36-5)9-17-23(21(33)11-31)29-28(37-12-38-29)14(2)27(17)39-15(3)34/h8,18-21,24,35H,6-7,9,11-12,31H2,1-5H3/t18-,19?,20-,21-,24-/m0/s1. The van der Waals surface area contributed by atoms with Crippen molar-refractivity contribution in [1.29, 1.82) is 5.26 Å². The maximum atomic E-state index is 12.2. The molecule has 0 saturated carbocycles. The van der Waals surface area contributed by atoms with Crippen molar-refractivity contribution in [1.82, 2.24) is 9.80 Å². The van der Waals surface area contributed by atoms with Gasteiger partial charge in [-0.1, -0.05) is 6.07 Å². The van der Waals surface area contributed by atoms with E-state index in [9.17, 15) is 15.2 Å². The van der Waals surface area contributed by atoms with Gasteiger partial charge in [0.15, 0.2) is 23.0 Å². The van der Waals surface area contributed by atoms with Gasteiger partial charge in [0.2, 0.25) is 6.79 Å². The first-order valence-corrected chi connectivity index (χ1v) is 13.3. The molecule has 10 heteroatoms. The zero-order chi connectivity index (χ0) is 27.7. The van der Waals surface area contributed by atoms with Crippen molar-refractivity contribution >= 4 is 5.97 Å². The Balaban J connectivity index is 1.63. The van der Waals surface area contributed by atoms with Crippen LogP contribution in [0.3, 0.4) is 0 Å². The summed E-state index contributed by atoms with van der Waals surface area (Å²) in [6.45, 7) is 5.45. The molecule has 0 amide bonds. The third kappa shape index (κ3) is 3.53. The SMILES string of the molecule is COc1c(C)cc2c(c1O)[C@@H]1C3Cc4c(OC(C)=O)c(C)c5c(c4[C@H](CN)N3[C@@H](C#N)[C@H](CC2)N1C)OCO5. The summed E-state index contributed by atoms with van der Waals surface area (Å²) >= 11 is 0. The Morgan fingerprint density at radius 3 is 2.64 bits per heavy atom. The molecule has 0 radical (unpaired) electrons. The Hall–Kier alpha value is -3.52. The summed E-state index contributed by atoms with van der Waals surface area (Å²) in [5.74, 6) is 1.77. The molecular weight excluding hydrogens is 500 g/mol. The van der Waals surface area contributed by atoms with Gasteiger partial charge in [0.25, 0.3) is 0 Å². The number of methoxy groups -OCH3 is 1. The first-order chi connectivity index (χ1) is 18.7. The van der Waals surface area contributed by atoms with E-state index in [4.69, 9.17) is 24.7 Å². The first-order valence-electron chi connectivity index (χ1n) is 13.3. The minimum atomic E-state index is -0.450. The number of aryl methyl sites for hydroxylation is 2. The average molecular weight is 535 g/mol. The molecule has 2 aromatic carbocycles. The molecule has 10 nitrogen and oxygen atoms in total. The monoisotopic (exact) mass is 534 g/mol. The van der Waals surface area contributed by atoms with E-state index in [1.54, 1.807) is 7.11 Å². The van der Waals surface area contributed by atoms with Crippen LogP contribution >= 0.6 is 0 Å². The lowest BCUT2D eigenvalue weighted by atomic mass is 9.76. The number of nitriles is 1. The third-order valence-electron chi connectivity index (χ3n) is 9.01. The van der Waals surface area contributed by atoms with Gasteiger partial charge in [-0.2, -0.15) is 5.26 Å². The molecule has 3 N–H and O–H groups in total. The summed E-state index contributed by atoms with van der Waals surface area (Å²) < 4.78 is 23.2. The largest absolute Gasteiger partial charge is 0.504 e. The number of phenolic OH excluding ortho intramolecular Hbond substituents is 1. The van der Waals surface area contributed by atoms with Crippen LogP contribution in [0.25, 0.3) is 0 Å². The fourth-order valence-electron chi connectivity index (χ4n) is 7.57. The van der Waals surface area contributed by atoms with E-state index in [0.29, 0.717) is 35.0 Å². The number of esters is 1. The molecule has 0 spiro atoms. The lowest BCUT2D eigenvalue weighted by Crippen LogP contribution is -2.66. The number of ether oxygens (including phenoxy) is 4. The Labute approximate surface area is 227 Å². The molecule has 2 aromatic rings. The summed E-state index contributed by atoms with van der Waals surface area (Å²) in [5, 5.41) is 22.1. The van der Waals surface area contributed by atoms with E-state index in [2.05, 4.69) is 21.9 Å². The number of rotatable bonds is 3. The fourth-order valence-corrected chi connectivity index (χ4v) is 7.57. The summed E-state index contributed by atoms with van der Waals surface area (Å²) in [6.07, 6.45) is 1.93. The van der Waals surface area contributed by atoms with Gasteiger partial charge >= 0.3 is 5.97 Å². The van der Waals surface area contributed by atoms with Crippen LogP contribution in [-0.2, 0) is 17.6 Å². The topological polar surface area (TPSA) is 131 Å². The van der Waals surface area contributed by atoms with Crippen LogP contribution in [0.15, 0.2) is 6.07 Å². The highest BCUT2D eigenvalue weighted by Gasteiger charge is 2.55. The van der Waals surface area contributed by atoms with Crippen LogP contribution in [-0.4, -0.2) is 66.5 Å². The Morgan fingerprint density at radius 1 is 1.23 bits per heavy atom. The number of aromatic hydroxyl groups is 1. The van der Waals surface area contributed by atoms with Gasteiger partial charge in [-0.05, 0) is 51.3 Å². The molecule has 206 valence electrons. The predicted molar refractivity (Wildman–Crippen MR) is 141 cm³/mol. The summed E-state index contributed by atoms with van der Waals surface area (Å²) in [6, 6.07) is 3.26. The van der Waals surface area contributed by atoms with Gasteiger partial charge in [0, 0.05) is 47.8 Å². The number of benzene rings is 2. The van der Waals surface area contributed by atoms with E-state index in [0.717, 1.165) is 40.7 Å². The molecule has 5 atom stereocenters. The normalized spacial score (nSPS) is 27.1. The molecule has 1 saturated heterocycles. The number of hydrogen-bond donors (Lipinski definition) is 2. The molecule has 4 aliphatic rings. The van der Waals surface area contributed by atoms with Gasteiger partial charge in [-0.3, -0.25) is 14.6 Å². The van der Waals surface area contributed by atoms with Crippen LogP contribution in [0.2, 0.25) is 0 Å². The van der Waals surface area contributed by atoms with Crippen molar-refractivity contribution < 1.29 is 28.8 Å². The molecule has 1 unspecified atom stereocenters. The van der Waals surface area contributed by atoms with Crippen molar-refractivity contribution in [2.45, 2.75) is 70.2 Å². The number of fused-ring (bicyclic) bond motifs is 9. The van der Waals surface area contributed by atoms with Crippen LogP contribution in [0.5, 0.6) is 28.7 Å². The Kier molecular flexibility index (Phi) is 6.14. The fraction of sp³-hybridized carbons (Fsp3) is 0.517. The van der Waals surface area contributed by atoms with E-state index in [-0.39, 0.29) is 43.3 Å². The zero-order valence-electron chi connectivity index (χ0n) is 22.9. The Bertz CT molecular complexity index is 1420. The van der Waals surface area contributed by atoms with Crippen LogP contribution in [0.1, 0.15) is 58.8 Å². The first kappa shape index (κ1) is 25.7. The summed E-state index contributed by atoms with van der Waals surface area (Å²) in [7, 11) is 3.59. The zero-order valence-corrected chi connectivity index (χ0v) is 22.9. The minimum Gasteiger partial charge on any atom is -0.504 e. The van der Waals surface area contributed by atoms with Crippen molar-refractivity contribution in [3.8, 4) is 34.8 Å². The van der Waals surface area contributed by atoms with Crippen molar-refractivity contribution in [2.24, 2.45) is 5.73 Å². The maximum absolute atomic E-state index is 12.2. The van der Waals surface area contributed by atoms with E-state index in [1.165, 1.54) is 6.92 Å². The van der Waals surface area contributed by atoms with Crippen molar-refractivity contribution in [3.05, 3.63) is 39.4 Å². The highest BCUT2D eigenvalue weighted by Crippen LogP contribution is 2.57. The Morgan fingerprint density at radius 2 is 1.97 bits per heavy atom. The minimum absolute atomic E-state index is 0.0585. The second kappa shape index (κ2) is 9.30. The molecule has 0 aliphatic carbocycles. The van der Waals surface area contributed by atoms with Gasteiger partial charge < -0.3 is 29.8 Å². The number of nitrogens with two attached hydrogens (primary N) is 1. The molecule has 39 heavy (non-hydrogen) atoms. The molecule has 1 fully saturated rings. The van der Waals surface area contributed by atoms with Gasteiger partial charge in [0.05, 0.1) is 25.3 Å².